The van der Waals surface area contributed by atoms with E-state index in [1.165, 1.54) is 37.1 Å². The van der Waals surface area contributed by atoms with E-state index in [-0.39, 0.29) is 0 Å². The Kier molecular flexibility index (Phi) is 1.98. The van der Waals surface area contributed by atoms with Gasteiger partial charge in [0.05, 0.1) is 0 Å². The smallest absolute Gasteiger partial charge is 0.0426 e. The van der Waals surface area contributed by atoms with E-state index in [1.807, 2.05) is 0 Å². The minimum absolute atomic E-state index is 0.822. The fraction of sp³-hybridized carbons (Fsp3) is 0.875. The molecule has 2 heteroatoms. The Labute approximate surface area is 66.3 Å². The van der Waals surface area contributed by atoms with Crippen molar-refractivity contribution < 1.29 is 0 Å². The number of aliphatic imine (C=N–C) groups is 1. The molecule has 1 unspecified atom stereocenters. The third-order valence-corrected chi connectivity index (χ3v) is 3.64. The first-order valence-electron chi connectivity index (χ1n) is 4.11. The first-order chi connectivity index (χ1) is 4.97. The van der Waals surface area contributed by atoms with Gasteiger partial charge < -0.3 is 0 Å². The van der Waals surface area contributed by atoms with Gasteiger partial charge in [-0.2, -0.15) is 11.8 Å². The predicted molar refractivity (Wildman–Crippen MR) is 47.0 cm³/mol. The zero-order valence-corrected chi connectivity index (χ0v) is 6.99. The molecule has 0 aromatic rings. The van der Waals surface area contributed by atoms with Crippen molar-refractivity contribution in [3.8, 4) is 0 Å². The molecule has 0 bridgehead atoms. The van der Waals surface area contributed by atoms with Crippen molar-refractivity contribution in [2.75, 3.05) is 12.3 Å². The highest BCUT2D eigenvalue weighted by Crippen LogP contribution is 2.30. The van der Waals surface area contributed by atoms with E-state index in [9.17, 15) is 0 Å². The molecule has 2 aliphatic rings. The highest BCUT2D eigenvalue weighted by Gasteiger charge is 2.22. The summed E-state index contributed by atoms with van der Waals surface area (Å²) < 4.78 is 0. The lowest BCUT2D eigenvalue weighted by Gasteiger charge is -2.06. The molecular formula is C8H13NS. The Morgan fingerprint density at radius 1 is 1.40 bits per heavy atom. The summed E-state index contributed by atoms with van der Waals surface area (Å²) in [6.07, 6.45) is 5.40. The van der Waals surface area contributed by atoms with Gasteiger partial charge in [0.15, 0.2) is 0 Å². The summed E-state index contributed by atoms with van der Waals surface area (Å²) in [4.78, 5) is 4.51. The number of nitrogens with zero attached hydrogens (tertiary/aromatic N) is 1. The second-order valence-electron chi connectivity index (χ2n) is 2.98. The fourth-order valence-corrected chi connectivity index (χ4v) is 3.00. The molecule has 0 N–H and O–H groups in total. The van der Waals surface area contributed by atoms with Crippen molar-refractivity contribution in [1.82, 2.24) is 0 Å². The van der Waals surface area contributed by atoms with Crippen molar-refractivity contribution >= 4 is 17.5 Å². The zero-order chi connectivity index (χ0) is 6.81. The Morgan fingerprint density at radius 3 is 3.00 bits per heavy atom. The van der Waals surface area contributed by atoms with Gasteiger partial charge >= 0.3 is 0 Å². The second kappa shape index (κ2) is 2.95. The fourth-order valence-electron chi connectivity index (χ4n) is 1.67. The van der Waals surface area contributed by atoms with Gasteiger partial charge in [-0.1, -0.05) is 0 Å². The van der Waals surface area contributed by atoms with E-state index in [0.717, 1.165) is 11.8 Å². The van der Waals surface area contributed by atoms with Crippen LogP contribution in [0.3, 0.4) is 0 Å². The monoisotopic (exact) mass is 155 g/mol. The summed E-state index contributed by atoms with van der Waals surface area (Å²) in [6.45, 7) is 1.10. The van der Waals surface area contributed by atoms with Gasteiger partial charge in [-0.25, -0.2) is 0 Å². The topological polar surface area (TPSA) is 12.4 Å². The standard InChI is InChI=1S/C8H13NS/c1-3-7(9-5-1)8-4-2-6-10-8/h8H,1-6H2. The third-order valence-electron chi connectivity index (χ3n) is 2.21. The zero-order valence-electron chi connectivity index (χ0n) is 6.18. The van der Waals surface area contributed by atoms with Crippen LogP contribution in [0, 0.1) is 0 Å². The third kappa shape index (κ3) is 1.22. The van der Waals surface area contributed by atoms with Crippen LogP contribution in [0.25, 0.3) is 0 Å². The largest absolute Gasteiger partial charge is 0.293 e. The van der Waals surface area contributed by atoms with E-state index < -0.39 is 0 Å². The Bertz CT molecular complexity index is 147. The molecule has 0 saturated carbocycles. The molecule has 0 aromatic heterocycles. The maximum atomic E-state index is 4.51. The molecule has 0 spiro atoms. The number of rotatable bonds is 1. The van der Waals surface area contributed by atoms with Crippen LogP contribution in [-0.2, 0) is 0 Å². The summed E-state index contributed by atoms with van der Waals surface area (Å²) in [6, 6.07) is 0. The second-order valence-corrected chi connectivity index (χ2v) is 4.29. The van der Waals surface area contributed by atoms with Crippen molar-refractivity contribution in [1.29, 1.82) is 0 Å². The quantitative estimate of drug-likeness (QED) is 0.565. The Morgan fingerprint density at radius 2 is 2.40 bits per heavy atom. The lowest BCUT2D eigenvalue weighted by atomic mass is 10.1. The summed E-state index contributed by atoms with van der Waals surface area (Å²) in [7, 11) is 0. The molecule has 2 rings (SSSR count). The molecule has 0 aliphatic carbocycles. The molecule has 1 nitrogen and oxygen atoms in total. The van der Waals surface area contributed by atoms with Crippen LogP contribution in [-0.4, -0.2) is 23.3 Å². The van der Waals surface area contributed by atoms with Crippen LogP contribution < -0.4 is 0 Å². The van der Waals surface area contributed by atoms with Crippen molar-refractivity contribution in [2.24, 2.45) is 4.99 Å². The van der Waals surface area contributed by atoms with Gasteiger partial charge in [-0.3, -0.25) is 4.99 Å². The minimum atomic E-state index is 0.822. The molecule has 0 aromatic carbocycles. The highest BCUT2D eigenvalue weighted by atomic mass is 32.2. The first kappa shape index (κ1) is 6.71. The van der Waals surface area contributed by atoms with Crippen LogP contribution in [0.5, 0.6) is 0 Å². The lowest BCUT2D eigenvalue weighted by Crippen LogP contribution is -2.10. The Balaban J connectivity index is 1.97. The van der Waals surface area contributed by atoms with E-state index in [1.54, 1.807) is 0 Å². The molecule has 0 radical (unpaired) electrons. The van der Waals surface area contributed by atoms with Crippen LogP contribution in [0.15, 0.2) is 4.99 Å². The molecular weight excluding hydrogens is 142 g/mol. The van der Waals surface area contributed by atoms with Gasteiger partial charge in [0.1, 0.15) is 0 Å². The van der Waals surface area contributed by atoms with E-state index in [2.05, 4.69) is 16.8 Å². The van der Waals surface area contributed by atoms with Gasteiger partial charge in [0.25, 0.3) is 0 Å². The highest BCUT2D eigenvalue weighted by molar-refractivity contribution is 8.00. The lowest BCUT2D eigenvalue weighted by molar-refractivity contribution is 0.889. The summed E-state index contributed by atoms with van der Waals surface area (Å²) in [5, 5.41) is 0.822. The predicted octanol–water partition coefficient (Wildman–Crippen LogP) is 2.12. The van der Waals surface area contributed by atoms with Crippen LogP contribution in [0.1, 0.15) is 25.7 Å². The van der Waals surface area contributed by atoms with Gasteiger partial charge in [0, 0.05) is 17.5 Å². The summed E-state index contributed by atoms with van der Waals surface area (Å²) in [5.41, 5.74) is 1.52. The number of thioether (sulfide) groups is 1. The molecule has 56 valence electrons. The summed E-state index contributed by atoms with van der Waals surface area (Å²) >= 11 is 2.11. The van der Waals surface area contributed by atoms with E-state index in [0.29, 0.717) is 0 Å². The normalized spacial score (nSPS) is 32.8. The summed E-state index contributed by atoms with van der Waals surface area (Å²) in [5.74, 6) is 1.36. The van der Waals surface area contributed by atoms with Crippen LogP contribution >= 0.6 is 11.8 Å². The SMILES string of the molecule is C1CN=C(C2CCCS2)C1. The van der Waals surface area contributed by atoms with Crippen LogP contribution in [0.4, 0.5) is 0 Å². The molecule has 1 atom stereocenters. The molecule has 0 amide bonds. The molecule has 10 heavy (non-hydrogen) atoms. The van der Waals surface area contributed by atoms with Crippen molar-refractivity contribution in [2.45, 2.75) is 30.9 Å². The number of hydrogen-bond donors (Lipinski definition) is 0. The van der Waals surface area contributed by atoms with Crippen molar-refractivity contribution in [3.63, 3.8) is 0 Å². The maximum Gasteiger partial charge on any atom is 0.0426 e. The van der Waals surface area contributed by atoms with E-state index in [4.69, 9.17) is 0 Å². The minimum Gasteiger partial charge on any atom is -0.293 e. The van der Waals surface area contributed by atoms with Crippen LogP contribution in [0.2, 0.25) is 0 Å². The molecule has 1 fully saturated rings. The Hall–Kier alpha value is 0.0200. The first-order valence-corrected chi connectivity index (χ1v) is 5.16. The maximum absolute atomic E-state index is 4.51. The average Bonchev–Trinajstić information content (AvgIpc) is 2.59. The average molecular weight is 155 g/mol. The molecule has 2 aliphatic heterocycles. The number of hydrogen-bond acceptors (Lipinski definition) is 2. The molecule has 1 saturated heterocycles. The molecule has 2 heterocycles. The van der Waals surface area contributed by atoms with E-state index >= 15 is 0 Å². The van der Waals surface area contributed by atoms with Gasteiger partial charge in [-0.05, 0) is 31.4 Å². The van der Waals surface area contributed by atoms with Gasteiger partial charge in [0.2, 0.25) is 0 Å². The van der Waals surface area contributed by atoms with Gasteiger partial charge in [-0.15, -0.1) is 0 Å². The van der Waals surface area contributed by atoms with Crippen molar-refractivity contribution in [3.05, 3.63) is 0 Å².